The van der Waals surface area contributed by atoms with E-state index >= 15 is 0 Å². The Bertz CT molecular complexity index is 825. The Hall–Kier alpha value is -2.86. The maximum absolute atomic E-state index is 12.9. The smallest absolute Gasteiger partial charge is 0.410 e. The molecule has 2 aromatic rings. The molecular formula is C22H27N3O3. The van der Waals surface area contributed by atoms with Gasteiger partial charge in [0.05, 0.1) is 0 Å². The number of nitrogens with one attached hydrogen (secondary N) is 1. The summed E-state index contributed by atoms with van der Waals surface area (Å²) < 4.78 is 5.44. The fourth-order valence-electron chi connectivity index (χ4n) is 3.53. The standard InChI is InChI=1S/C22H27N3O3/c1-22(20(26)24-15-19-10-5-9-18(13-19)14-23)11-6-12-25(22)21(27)28-16-17-7-3-2-4-8-17/h2-5,7-10,13H,6,11-12,14-16,23H2,1H3,(H,24,26). The molecule has 1 unspecified atom stereocenters. The summed E-state index contributed by atoms with van der Waals surface area (Å²) in [5.41, 5.74) is 7.69. The first-order valence-corrected chi connectivity index (χ1v) is 9.57. The molecule has 1 aliphatic heterocycles. The van der Waals surface area contributed by atoms with Crippen LogP contribution in [0.2, 0.25) is 0 Å². The second-order valence-corrected chi connectivity index (χ2v) is 7.28. The predicted octanol–water partition coefficient (Wildman–Crippen LogP) is 2.95. The highest BCUT2D eigenvalue weighted by Crippen LogP contribution is 2.30. The van der Waals surface area contributed by atoms with Crippen LogP contribution in [0.25, 0.3) is 0 Å². The molecule has 0 aromatic heterocycles. The van der Waals surface area contributed by atoms with Gasteiger partial charge in [-0.1, -0.05) is 54.6 Å². The first-order valence-electron chi connectivity index (χ1n) is 9.57. The molecule has 6 heteroatoms. The highest BCUT2D eigenvalue weighted by Gasteiger charge is 2.46. The molecule has 1 heterocycles. The number of hydrogen-bond acceptors (Lipinski definition) is 4. The van der Waals surface area contributed by atoms with Crippen LogP contribution >= 0.6 is 0 Å². The molecule has 1 fully saturated rings. The summed E-state index contributed by atoms with van der Waals surface area (Å²) in [6, 6.07) is 17.3. The van der Waals surface area contributed by atoms with Crippen molar-refractivity contribution in [3.63, 3.8) is 0 Å². The molecule has 0 aliphatic carbocycles. The van der Waals surface area contributed by atoms with Gasteiger partial charge in [-0.2, -0.15) is 0 Å². The van der Waals surface area contributed by atoms with E-state index in [1.165, 1.54) is 0 Å². The molecule has 3 rings (SSSR count). The number of ether oxygens (including phenoxy) is 1. The lowest BCUT2D eigenvalue weighted by Crippen LogP contribution is -2.55. The normalized spacial score (nSPS) is 18.7. The highest BCUT2D eigenvalue weighted by atomic mass is 16.6. The quantitative estimate of drug-likeness (QED) is 0.806. The third-order valence-electron chi connectivity index (χ3n) is 5.24. The molecule has 28 heavy (non-hydrogen) atoms. The fraction of sp³-hybridized carbons (Fsp3) is 0.364. The van der Waals surface area contributed by atoms with Crippen molar-refractivity contribution < 1.29 is 14.3 Å². The monoisotopic (exact) mass is 381 g/mol. The maximum atomic E-state index is 12.9. The molecule has 0 saturated carbocycles. The molecule has 2 aromatic carbocycles. The van der Waals surface area contributed by atoms with E-state index in [2.05, 4.69) is 5.32 Å². The fourth-order valence-corrected chi connectivity index (χ4v) is 3.53. The molecule has 0 radical (unpaired) electrons. The summed E-state index contributed by atoms with van der Waals surface area (Å²) in [4.78, 5) is 27.0. The molecular weight excluding hydrogens is 354 g/mol. The maximum Gasteiger partial charge on any atom is 0.410 e. The van der Waals surface area contributed by atoms with Gasteiger partial charge in [-0.25, -0.2) is 4.79 Å². The van der Waals surface area contributed by atoms with Crippen molar-refractivity contribution in [3.8, 4) is 0 Å². The van der Waals surface area contributed by atoms with Crippen LogP contribution in [-0.2, 0) is 29.2 Å². The highest BCUT2D eigenvalue weighted by molar-refractivity contribution is 5.90. The van der Waals surface area contributed by atoms with E-state index in [4.69, 9.17) is 10.5 Å². The number of rotatable bonds is 6. The van der Waals surface area contributed by atoms with Crippen molar-refractivity contribution in [1.29, 1.82) is 0 Å². The van der Waals surface area contributed by atoms with Crippen LogP contribution in [0.3, 0.4) is 0 Å². The molecule has 1 atom stereocenters. The number of benzene rings is 2. The molecule has 148 valence electrons. The van der Waals surface area contributed by atoms with Crippen LogP contribution in [0, 0.1) is 0 Å². The summed E-state index contributed by atoms with van der Waals surface area (Å²) in [7, 11) is 0. The Morgan fingerprint density at radius 2 is 1.82 bits per heavy atom. The Labute approximate surface area is 165 Å². The van der Waals surface area contributed by atoms with Gasteiger partial charge in [-0.3, -0.25) is 9.69 Å². The van der Waals surface area contributed by atoms with E-state index in [1.807, 2.05) is 54.6 Å². The van der Waals surface area contributed by atoms with Crippen LogP contribution in [0.1, 0.15) is 36.5 Å². The number of carbonyl (C=O) groups excluding carboxylic acids is 2. The van der Waals surface area contributed by atoms with Gasteiger partial charge in [-0.05, 0) is 36.5 Å². The van der Waals surface area contributed by atoms with E-state index in [1.54, 1.807) is 11.8 Å². The third kappa shape index (κ3) is 4.51. The van der Waals surface area contributed by atoms with Crippen LogP contribution in [-0.4, -0.2) is 29.0 Å². The average Bonchev–Trinajstić information content (AvgIpc) is 3.14. The van der Waals surface area contributed by atoms with E-state index in [-0.39, 0.29) is 12.5 Å². The van der Waals surface area contributed by atoms with Gasteiger partial charge in [0.25, 0.3) is 0 Å². The number of nitrogens with zero attached hydrogens (tertiary/aromatic N) is 1. The Morgan fingerprint density at radius 3 is 2.57 bits per heavy atom. The van der Waals surface area contributed by atoms with Crippen molar-refractivity contribution >= 4 is 12.0 Å². The molecule has 6 nitrogen and oxygen atoms in total. The SMILES string of the molecule is CC1(C(=O)NCc2cccc(CN)c2)CCCN1C(=O)OCc1ccccc1. The first kappa shape index (κ1) is 19.9. The summed E-state index contributed by atoms with van der Waals surface area (Å²) in [5, 5.41) is 2.96. The Morgan fingerprint density at radius 1 is 1.11 bits per heavy atom. The first-order chi connectivity index (χ1) is 13.5. The molecule has 0 bridgehead atoms. The van der Waals surface area contributed by atoms with Crippen molar-refractivity contribution in [2.75, 3.05) is 6.54 Å². The number of amides is 2. The van der Waals surface area contributed by atoms with Gasteiger partial charge in [0.1, 0.15) is 12.1 Å². The molecule has 1 aliphatic rings. The summed E-state index contributed by atoms with van der Waals surface area (Å²) in [6.07, 6.45) is 0.930. The predicted molar refractivity (Wildman–Crippen MR) is 107 cm³/mol. The summed E-state index contributed by atoms with van der Waals surface area (Å²) >= 11 is 0. The zero-order valence-corrected chi connectivity index (χ0v) is 16.2. The van der Waals surface area contributed by atoms with Crippen LogP contribution in [0.5, 0.6) is 0 Å². The largest absolute Gasteiger partial charge is 0.445 e. The number of likely N-dealkylation sites (tertiary alicyclic amines) is 1. The van der Waals surface area contributed by atoms with Crippen molar-refractivity contribution in [2.45, 2.75) is 45.0 Å². The zero-order chi connectivity index (χ0) is 20.0. The minimum atomic E-state index is -0.904. The Kier molecular flexibility index (Phi) is 6.31. The summed E-state index contributed by atoms with van der Waals surface area (Å²) in [5.74, 6) is -0.167. The molecule has 0 spiro atoms. The van der Waals surface area contributed by atoms with Gasteiger partial charge in [-0.15, -0.1) is 0 Å². The minimum Gasteiger partial charge on any atom is -0.445 e. The lowest BCUT2D eigenvalue weighted by molar-refractivity contribution is -0.130. The van der Waals surface area contributed by atoms with Gasteiger partial charge in [0.2, 0.25) is 5.91 Å². The van der Waals surface area contributed by atoms with Crippen LogP contribution in [0.4, 0.5) is 4.79 Å². The van der Waals surface area contributed by atoms with Crippen molar-refractivity contribution in [1.82, 2.24) is 10.2 Å². The van der Waals surface area contributed by atoms with Gasteiger partial charge in [0.15, 0.2) is 0 Å². The Balaban J connectivity index is 1.60. The van der Waals surface area contributed by atoms with E-state index in [0.717, 1.165) is 23.1 Å². The van der Waals surface area contributed by atoms with Gasteiger partial charge < -0.3 is 15.8 Å². The molecule has 3 N–H and O–H groups in total. The van der Waals surface area contributed by atoms with Crippen LogP contribution < -0.4 is 11.1 Å². The van der Waals surface area contributed by atoms with Crippen molar-refractivity contribution in [3.05, 3.63) is 71.3 Å². The zero-order valence-electron chi connectivity index (χ0n) is 16.2. The van der Waals surface area contributed by atoms with E-state index in [0.29, 0.717) is 26.1 Å². The van der Waals surface area contributed by atoms with E-state index in [9.17, 15) is 9.59 Å². The average molecular weight is 381 g/mol. The minimum absolute atomic E-state index is 0.167. The lowest BCUT2D eigenvalue weighted by atomic mass is 9.97. The molecule has 1 saturated heterocycles. The lowest BCUT2D eigenvalue weighted by Gasteiger charge is -2.33. The number of hydrogen-bond donors (Lipinski definition) is 2. The second-order valence-electron chi connectivity index (χ2n) is 7.28. The van der Waals surface area contributed by atoms with Crippen LogP contribution in [0.15, 0.2) is 54.6 Å². The summed E-state index contributed by atoms with van der Waals surface area (Å²) in [6.45, 7) is 3.37. The second kappa shape index (κ2) is 8.89. The van der Waals surface area contributed by atoms with Crippen molar-refractivity contribution in [2.24, 2.45) is 5.73 Å². The van der Waals surface area contributed by atoms with Gasteiger partial charge in [0, 0.05) is 19.6 Å². The van der Waals surface area contributed by atoms with Gasteiger partial charge >= 0.3 is 6.09 Å². The number of carbonyl (C=O) groups is 2. The molecule has 2 amide bonds. The topological polar surface area (TPSA) is 84.7 Å². The number of nitrogens with two attached hydrogens (primary N) is 1. The van der Waals surface area contributed by atoms with E-state index < -0.39 is 11.6 Å². The third-order valence-corrected chi connectivity index (χ3v) is 5.24.